The summed E-state index contributed by atoms with van der Waals surface area (Å²) in [7, 11) is 0. The highest BCUT2D eigenvalue weighted by molar-refractivity contribution is 6.32. The number of nitrogens with one attached hydrogen (secondary N) is 1. The highest BCUT2D eigenvalue weighted by Gasteiger charge is 2.31. The molecule has 0 atom stereocenters. The molecule has 31 heavy (non-hydrogen) atoms. The molecular weight excluding hydrogens is 447 g/mol. The molecule has 0 spiro atoms. The van der Waals surface area contributed by atoms with Crippen LogP contribution >= 0.6 is 11.6 Å². The Morgan fingerprint density at radius 2 is 1.87 bits per heavy atom. The molecule has 0 bridgehead atoms. The van der Waals surface area contributed by atoms with Crippen LogP contribution in [0.4, 0.5) is 33.5 Å². The zero-order chi connectivity index (χ0) is 22.6. The van der Waals surface area contributed by atoms with Crippen molar-refractivity contribution in [3.8, 4) is 5.75 Å². The molecule has 1 aliphatic heterocycles. The van der Waals surface area contributed by atoms with E-state index >= 15 is 0 Å². The second-order valence-electron chi connectivity index (χ2n) is 6.74. The number of hydrogen-bond acceptors (Lipinski definition) is 5. The minimum absolute atomic E-state index is 0.0595. The molecule has 0 unspecified atom stereocenters. The quantitative estimate of drug-likeness (QED) is 0.652. The van der Waals surface area contributed by atoms with Gasteiger partial charge in [0.15, 0.2) is 0 Å². The number of carbonyl (C=O) groups is 1. The first kappa shape index (κ1) is 23.0. The molecule has 168 valence electrons. The fraction of sp³-hybridized carbons (Fsp3) is 0.368. The normalized spacial score (nSPS) is 15.3. The minimum Gasteiger partial charge on any atom is -0.433 e. The van der Waals surface area contributed by atoms with Crippen molar-refractivity contribution in [2.24, 2.45) is 0 Å². The molecule has 1 fully saturated rings. The summed E-state index contributed by atoms with van der Waals surface area (Å²) in [4.78, 5) is 19.9. The van der Waals surface area contributed by atoms with Gasteiger partial charge < -0.3 is 15.0 Å². The fourth-order valence-corrected chi connectivity index (χ4v) is 3.27. The number of benzene rings is 1. The van der Waals surface area contributed by atoms with E-state index in [0.717, 1.165) is 12.3 Å². The fourth-order valence-electron chi connectivity index (χ4n) is 3.05. The standard InChI is InChI=1S/C19H18ClF5N4O2/c20-14-9-13(2-3-15(14)31-18(21)22)27-17(30)11-28-5-7-29(8-6-28)16-4-1-12(10-26-16)19(23,24)25/h1-4,9-10,18H,5-8,11H2,(H,27,30). The third kappa shape index (κ3) is 6.41. The Bertz CT molecular complexity index is 903. The second kappa shape index (κ2) is 9.65. The summed E-state index contributed by atoms with van der Waals surface area (Å²) >= 11 is 5.86. The number of carbonyl (C=O) groups excluding carboxylic acids is 1. The van der Waals surface area contributed by atoms with Crippen molar-refractivity contribution >= 4 is 29.0 Å². The van der Waals surface area contributed by atoms with Gasteiger partial charge in [0.2, 0.25) is 5.91 Å². The van der Waals surface area contributed by atoms with Crippen LogP contribution in [-0.2, 0) is 11.0 Å². The number of rotatable bonds is 6. The van der Waals surface area contributed by atoms with Gasteiger partial charge in [0.1, 0.15) is 11.6 Å². The molecule has 1 saturated heterocycles. The molecule has 1 aliphatic rings. The molecule has 1 aromatic heterocycles. The minimum atomic E-state index is -4.43. The van der Waals surface area contributed by atoms with E-state index in [0.29, 0.717) is 37.7 Å². The maximum absolute atomic E-state index is 12.6. The Morgan fingerprint density at radius 3 is 2.42 bits per heavy atom. The molecule has 0 radical (unpaired) electrons. The summed E-state index contributed by atoms with van der Waals surface area (Å²) < 4.78 is 66.7. The number of amides is 1. The number of nitrogens with zero attached hydrogens (tertiary/aromatic N) is 3. The van der Waals surface area contributed by atoms with E-state index in [4.69, 9.17) is 11.6 Å². The number of aromatic nitrogens is 1. The molecule has 1 amide bonds. The molecule has 1 N–H and O–H groups in total. The maximum atomic E-state index is 12.6. The predicted molar refractivity (Wildman–Crippen MR) is 105 cm³/mol. The first-order valence-corrected chi connectivity index (χ1v) is 9.54. The van der Waals surface area contributed by atoms with E-state index in [1.165, 1.54) is 24.3 Å². The summed E-state index contributed by atoms with van der Waals surface area (Å²) in [6.07, 6.45) is -3.63. The highest BCUT2D eigenvalue weighted by atomic mass is 35.5. The topological polar surface area (TPSA) is 57.7 Å². The molecule has 12 heteroatoms. The molecular formula is C19H18ClF5N4O2. The molecule has 2 heterocycles. The summed E-state index contributed by atoms with van der Waals surface area (Å²) in [5.74, 6) is -0.0692. The Balaban J connectivity index is 1.48. The lowest BCUT2D eigenvalue weighted by Gasteiger charge is -2.35. The number of hydrogen-bond donors (Lipinski definition) is 1. The average Bonchev–Trinajstić information content (AvgIpc) is 2.70. The van der Waals surface area contributed by atoms with Crippen molar-refractivity contribution in [1.29, 1.82) is 0 Å². The van der Waals surface area contributed by atoms with Crippen LogP contribution < -0.4 is 15.0 Å². The summed E-state index contributed by atoms with van der Waals surface area (Å²) in [5, 5.41) is 2.57. The van der Waals surface area contributed by atoms with Crippen LogP contribution in [-0.4, -0.2) is 55.1 Å². The van der Waals surface area contributed by atoms with Crippen molar-refractivity contribution in [1.82, 2.24) is 9.88 Å². The second-order valence-corrected chi connectivity index (χ2v) is 7.15. The lowest BCUT2D eigenvalue weighted by molar-refractivity contribution is -0.137. The number of halogens is 6. The first-order valence-electron chi connectivity index (χ1n) is 9.16. The molecule has 1 aromatic carbocycles. The van der Waals surface area contributed by atoms with E-state index in [2.05, 4.69) is 15.0 Å². The Kier molecular flexibility index (Phi) is 7.16. The van der Waals surface area contributed by atoms with Gasteiger partial charge in [0.25, 0.3) is 0 Å². The Labute approximate surface area is 179 Å². The van der Waals surface area contributed by atoms with Crippen LogP contribution in [0, 0.1) is 0 Å². The zero-order valence-electron chi connectivity index (χ0n) is 16.0. The number of anilines is 2. The van der Waals surface area contributed by atoms with Crippen LogP contribution in [0.15, 0.2) is 36.5 Å². The molecule has 3 rings (SSSR count). The average molecular weight is 465 g/mol. The van der Waals surface area contributed by atoms with E-state index in [9.17, 15) is 26.7 Å². The predicted octanol–water partition coefficient (Wildman–Crippen LogP) is 4.12. The van der Waals surface area contributed by atoms with E-state index in [-0.39, 0.29) is 23.2 Å². The van der Waals surface area contributed by atoms with Gasteiger partial charge in [-0.3, -0.25) is 9.69 Å². The van der Waals surface area contributed by atoms with Crippen molar-refractivity contribution in [3.05, 3.63) is 47.1 Å². The smallest absolute Gasteiger partial charge is 0.417 e. The Morgan fingerprint density at radius 1 is 1.16 bits per heavy atom. The molecule has 0 saturated carbocycles. The van der Waals surface area contributed by atoms with Crippen molar-refractivity contribution in [3.63, 3.8) is 0 Å². The highest BCUT2D eigenvalue weighted by Crippen LogP contribution is 2.30. The summed E-state index contributed by atoms with van der Waals surface area (Å²) in [5.41, 5.74) is -0.468. The van der Waals surface area contributed by atoms with Gasteiger partial charge in [-0.1, -0.05) is 11.6 Å². The largest absolute Gasteiger partial charge is 0.433 e. The first-order chi connectivity index (χ1) is 14.6. The van der Waals surface area contributed by atoms with Gasteiger partial charge in [0, 0.05) is 38.1 Å². The van der Waals surface area contributed by atoms with Crippen molar-refractivity contribution in [2.75, 3.05) is 42.9 Å². The van der Waals surface area contributed by atoms with Gasteiger partial charge in [0.05, 0.1) is 17.1 Å². The van der Waals surface area contributed by atoms with Crippen LogP contribution in [0.5, 0.6) is 5.75 Å². The Hall–Kier alpha value is -2.66. The van der Waals surface area contributed by atoms with Crippen LogP contribution in [0.3, 0.4) is 0 Å². The van der Waals surface area contributed by atoms with Crippen molar-refractivity contribution < 1.29 is 31.5 Å². The van der Waals surface area contributed by atoms with E-state index in [1.807, 2.05) is 9.80 Å². The maximum Gasteiger partial charge on any atom is 0.417 e. The zero-order valence-corrected chi connectivity index (χ0v) is 16.8. The molecule has 0 aliphatic carbocycles. The van der Waals surface area contributed by atoms with E-state index < -0.39 is 18.4 Å². The number of piperazine rings is 1. The van der Waals surface area contributed by atoms with Crippen LogP contribution in [0.1, 0.15) is 5.56 Å². The van der Waals surface area contributed by atoms with E-state index in [1.54, 1.807) is 0 Å². The lowest BCUT2D eigenvalue weighted by Crippen LogP contribution is -2.48. The third-order valence-corrected chi connectivity index (χ3v) is 4.87. The van der Waals surface area contributed by atoms with Gasteiger partial charge in [-0.05, 0) is 30.3 Å². The number of pyridine rings is 1. The summed E-state index contributed by atoms with van der Waals surface area (Å²) in [6, 6.07) is 6.27. The van der Waals surface area contributed by atoms with Crippen LogP contribution in [0.2, 0.25) is 5.02 Å². The van der Waals surface area contributed by atoms with Crippen LogP contribution in [0.25, 0.3) is 0 Å². The van der Waals surface area contributed by atoms with Gasteiger partial charge in [-0.25, -0.2) is 4.98 Å². The SMILES string of the molecule is O=C(CN1CCN(c2ccc(C(F)(F)F)cn2)CC1)Nc1ccc(OC(F)F)c(Cl)c1. The third-order valence-electron chi connectivity index (χ3n) is 4.57. The number of alkyl halides is 5. The molecule has 2 aromatic rings. The lowest BCUT2D eigenvalue weighted by atomic mass is 10.2. The number of ether oxygens (including phenoxy) is 1. The van der Waals surface area contributed by atoms with Crippen molar-refractivity contribution in [2.45, 2.75) is 12.8 Å². The molecule has 6 nitrogen and oxygen atoms in total. The van der Waals surface area contributed by atoms with Gasteiger partial charge in [-0.2, -0.15) is 22.0 Å². The summed E-state index contributed by atoms with van der Waals surface area (Å²) in [6.45, 7) is -0.902. The monoisotopic (exact) mass is 464 g/mol. The van der Waals surface area contributed by atoms with Gasteiger partial charge in [-0.15, -0.1) is 0 Å². The van der Waals surface area contributed by atoms with Gasteiger partial charge >= 0.3 is 12.8 Å².